The highest BCUT2D eigenvalue weighted by atomic mass is 28.4. The van der Waals surface area contributed by atoms with Gasteiger partial charge in [-0.25, -0.2) is 10.0 Å². The van der Waals surface area contributed by atoms with E-state index in [-0.39, 0.29) is 17.2 Å². The molecule has 5 heteroatoms. The summed E-state index contributed by atoms with van der Waals surface area (Å²) in [5, 5.41) is 2.18. The van der Waals surface area contributed by atoms with E-state index in [4.69, 9.17) is 9.26 Å². The molecule has 1 aliphatic carbocycles. The fourth-order valence-electron chi connectivity index (χ4n) is 2.98. The molecule has 4 rings (SSSR count). The van der Waals surface area contributed by atoms with Gasteiger partial charge in [-0.2, -0.15) is 0 Å². The molecule has 24 heavy (non-hydrogen) atoms. The van der Waals surface area contributed by atoms with Gasteiger partial charge in [-0.05, 0) is 62.5 Å². The second kappa shape index (κ2) is 6.19. The summed E-state index contributed by atoms with van der Waals surface area (Å²) in [6.07, 6.45) is 5.55. The van der Waals surface area contributed by atoms with Crippen LogP contribution in [0, 0.1) is 6.92 Å². The first-order chi connectivity index (χ1) is 11.2. The first kappa shape index (κ1) is 17.5. The van der Waals surface area contributed by atoms with Gasteiger partial charge in [-0.15, -0.1) is 0 Å². The maximum Gasteiger partial charge on any atom is 0.250 e. The number of rotatable bonds is 3. The van der Waals surface area contributed by atoms with Crippen molar-refractivity contribution in [1.82, 2.24) is 4.98 Å². The third-order valence-electron chi connectivity index (χ3n) is 5.46. The van der Waals surface area contributed by atoms with Crippen LogP contribution in [0.2, 0.25) is 18.1 Å². The maximum atomic E-state index is 6.69. The molecule has 0 saturated carbocycles. The third-order valence-corrected chi connectivity index (χ3v) is 9.81. The molecule has 3 aliphatic rings. The first-order valence-corrected chi connectivity index (χ1v) is 11.9. The quantitative estimate of drug-likeness (QED) is 0.724. The summed E-state index contributed by atoms with van der Waals surface area (Å²) in [5.41, 5.74) is 1.01. The predicted octanol–water partition coefficient (Wildman–Crippen LogP) is 4.97. The van der Waals surface area contributed by atoms with Gasteiger partial charge in [0.2, 0.25) is 8.32 Å². The lowest BCUT2D eigenvalue weighted by Crippen LogP contribution is -2.47. The van der Waals surface area contributed by atoms with Crippen LogP contribution in [0.5, 0.6) is 0 Å². The summed E-state index contributed by atoms with van der Waals surface area (Å²) >= 11 is 0. The Morgan fingerprint density at radius 3 is 2.67 bits per heavy atom. The Hall–Kier alpha value is -1.33. The summed E-state index contributed by atoms with van der Waals surface area (Å²) in [6, 6.07) is 6.21. The van der Waals surface area contributed by atoms with Gasteiger partial charge < -0.3 is 4.43 Å². The van der Waals surface area contributed by atoms with E-state index in [1.807, 2.05) is 30.2 Å². The first-order valence-electron chi connectivity index (χ1n) is 8.98. The van der Waals surface area contributed by atoms with E-state index >= 15 is 0 Å². The van der Waals surface area contributed by atoms with Crippen LogP contribution >= 0.6 is 0 Å². The second-order valence-electron chi connectivity index (χ2n) is 8.48. The number of hydroxylamine groups is 1. The number of aryl methyl sites for hydroxylation is 1. The Labute approximate surface area is 147 Å². The molecule has 0 radical (unpaired) electrons. The Kier molecular flexibility index (Phi) is 4.51. The van der Waals surface area contributed by atoms with E-state index in [0.717, 1.165) is 36.5 Å². The minimum absolute atomic E-state index is 0.0887. The van der Waals surface area contributed by atoms with Crippen LogP contribution in [0.3, 0.4) is 0 Å². The average molecular weight is 347 g/mol. The van der Waals surface area contributed by atoms with Crippen molar-refractivity contribution in [3.63, 3.8) is 0 Å². The Morgan fingerprint density at radius 1 is 1.25 bits per heavy atom. The standard InChI is InChI=1S/C19H30N2O2Si/c1-14-9-7-12-18(20-14)21-16-11-8-10-15(22-21)13-17(16)23-24(5,6)19(2,3)4/h7,9,12-13,15-16H,8,10-11H2,1-6H3. The largest absolute Gasteiger partial charge is 0.545 e. The van der Waals surface area contributed by atoms with Crippen LogP contribution in [0.1, 0.15) is 45.7 Å². The van der Waals surface area contributed by atoms with Crippen LogP contribution in [-0.4, -0.2) is 25.4 Å². The molecule has 0 spiro atoms. The molecule has 2 aliphatic heterocycles. The lowest BCUT2D eigenvalue weighted by Gasteiger charge is -2.43. The highest BCUT2D eigenvalue weighted by molar-refractivity contribution is 6.74. The minimum atomic E-state index is -1.86. The van der Waals surface area contributed by atoms with Crippen LogP contribution in [0.4, 0.5) is 5.82 Å². The molecule has 4 nitrogen and oxygen atoms in total. The van der Waals surface area contributed by atoms with Gasteiger partial charge in [0.1, 0.15) is 17.9 Å². The van der Waals surface area contributed by atoms with Gasteiger partial charge in [0.05, 0.1) is 0 Å². The zero-order valence-electron chi connectivity index (χ0n) is 15.8. The summed E-state index contributed by atoms with van der Waals surface area (Å²) in [5.74, 6) is 1.98. The molecular formula is C19H30N2O2Si. The molecule has 1 aromatic rings. The molecular weight excluding hydrogens is 316 g/mol. The molecule has 1 saturated heterocycles. The summed E-state index contributed by atoms with van der Waals surface area (Å²) in [4.78, 5) is 10.9. The molecule has 1 aromatic heterocycles. The number of nitrogens with zero attached hydrogens (tertiary/aromatic N) is 2. The van der Waals surface area contributed by atoms with Gasteiger partial charge in [0.25, 0.3) is 0 Å². The van der Waals surface area contributed by atoms with Crippen LogP contribution in [0.15, 0.2) is 30.0 Å². The number of aromatic nitrogens is 1. The minimum Gasteiger partial charge on any atom is -0.545 e. The maximum absolute atomic E-state index is 6.69. The van der Waals surface area contributed by atoms with Gasteiger partial charge in [-0.3, -0.25) is 4.84 Å². The van der Waals surface area contributed by atoms with Crippen molar-refractivity contribution in [2.75, 3.05) is 5.06 Å². The van der Waals surface area contributed by atoms with Crippen molar-refractivity contribution in [2.24, 2.45) is 0 Å². The van der Waals surface area contributed by atoms with Crippen molar-refractivity contribution in [1.29, 1.82) is 0 Å². The average Bonchev–Trinajstić information content (AvgIpc) is 2.78. The Morgan fingerprint density at radius 2 is 2.00 bits per heavy atom. The predicted molar refractivity (Wildman–Crippen MR) is 100 cm³/mol. The monoisotopic (exact) mass is 346 g/mol. The summed E-state index contributed by atoms with van der Waals surface area (Å²) in [7, 11) is -1.86. The van der Waals surface area contributed by atoms with Gasteiger partial charge in [0, 0.05) is 5.69 Å². The molecule has 3 heterocycles. The molecule has 2 bridgehead atoms. The number of anilines is 1. The molecule has 0 aromatic carbocycles. The van der Waals surface area contributed by atoms with Crippen molar-refractivity contribution < 1.29 is 9.26 Å². The molecule has 0 N–H and O–H groups in total. The SMILES string of the molecule is Cc1cccc(N2OC3C=C(O[Si](C)(C)C(C)(C)C)C2CCC3)n1. The third kappa shape index (κ3) is 3.38. The van der Waals surface area contributed by atoms with E-state index in [1.165, 1.54) is 0 Å². The smallest absolute Gasteiger partial charge is 0.250 e. The van der Waals surface area contributed by atoms with Crippen molar-refractivity contribution in [2.45, 2.75) is 77.2 Å². The van der Waals surface area contributed by atoms with E-state index in [1.54, 1.807) is 0 Å². The van der Waals surface area contributed by atoms with Crippen molar-refractivity contribution in [3.05, 3.63) is 35.7 Å². The number of pyridine rings is 1. The molecule has 2 atom stereocenters. The topological polar surface area (TPSA) is 34.6 Å². The summed E-state index contributed by atoms with van der Waals surface area (Å²) < 4.78 is 6.69. The normalized spacial score (nSPS) is 24.6. The molecule has 132 valence electrons. The number of hydrogen-bond acceptors (Lipinski definition) is 4. The lowest BCUT2D eigenvalue weighted by molar-refractivity contribution is 0.0348. The highest BCUT2D eigenvalue weighted by Crippen LogP contribution is 2.42. The zero-order chi connectivity index (χ0) is 17.5. The van der Waals surface area contributed by atoms with Crippen LogP contribution < -0.4 is 5.06 Å². The van der Waals surface area contributed by atoms with Gasteiger partial charge >= 0.3 is 0 Å². The zero-order valence-corrected chi connectivity index (χ0v) is 16.8. The van der Waals surface area contributed by atoms with E-state index in [9.17, 15) is 0 Å². The van der Waals surface area contributed by atoms with Crippen LogP contribution in [-0.2, 0) is 9.26 Å². The number of fused-ring (bicyclic) bond motifs is 3. The molecule has 2 unspecified atom stereocenters. The van der Waals surface area contributed by atoms with E-state index in [2.05, 4.69) is 44.9 Å². The highest BCUT2D eigenvalue weighted by Gasteiger charge is 2.43. The fourth-order valence-corrected chi connectivity index (χ4v) is 4.08. The lowest BCUT2D eigenvalue weighted by atomic mass is 10.1. The van der Waals surface area contributed by atoms with Gasteiger partial charge in [0.15, 0.2) is 5.82 Å². The molecule has 1 fully saturated rings. The van der Waals surface area contributed by atoms with Gasteiger partial charge in [-0.1, -0.05) is 26.8 Å². The Bertz CT molecular complexity index is 636. The van der Waals surface area contributed by atoms with E-state index in [0.29, 0.717) is 0 Å². The van der Waals surface area contributed by atoms with Crippen molar-refractivity contribution in [3.8, 4) is 0 Å². The summed E-state index contributed by atoms with van der Waals surface area (Å²) in [6.45, 7) is 13.5. The number of hydrogen-bond donors (Lipinski definition) is 0. The molecule has 0 amide bonds. The second-order valence-corrected chi connectivity index (χ2v) is 13.2. The Balaban J connectivity index is 1.91. The van der Waals surface area contributed by atoms with E-state index < -0.39 is 8.32 Å². The van der Waals surface area contributed by atoms with Crippen molar-refractivity contribution >= 4 is 14.1 Å². The fraction of sp³-hybridized carbons (Fsp3) is 0.632. The van der Waals surface area contributed by atoms with Crippen LogP contribution in [0.25, 0.3) is 0 Å².